The second-order valence-corrected chi connectivity index (χ2v) is 5.91. The molecule has 2 nitrogen and oxygen atoms in total. The van der Waals surface area contributed by atoms with Gasteiger partial charge >= 0.3 is 0 Å². The molecule has 2 heterocycles. The predicted molar refractivity (Wildman–Crippen MR) is 101 cm³/mol. The van der Waals surface area contributed by atoms with Gasteiger partial charge in [0.1, 0.15) is 5.65 Å². The van der Waals surface area contributed by atoms with Crippen molar-refractivity contribution in [3.8, 4) is 5.69 Å². The van der Waals surface area contributed by atoms with Crippen LogP contribution in [-0.4, -0.2) is 9.55 Å². The molecule has 0 unspecified atom stereocenters. The Labute approximate surface area is 141 Å². The molecule has 0 bridgehead atoms. The number of nitrogens with zero attached hydrogens (tertiary/aromatic N) is 2. The van der Waals surface area contributed by atoms with Crippen molar-refractivity contribution in [2.24, 2.45) is 0 Å². The highest BCUT2D eigenvalue weighted by molar-refractivity contribution is 5.81. The zero-order chi connectivity index (χ0) is 16.4. The summed E-state index contributed by atoms with van der Waals surface area (Å²) in [6.45, 7) is 2.12. The molecule has 0 aliphatic rings. The molecular formula is C22H18N2. The minimum Gasteiger partial charge on any atom is -0.301 e. The number of benzene rings is 2. The van der Waals surface area contributed by atoms with Crippen molar-refractivity contribution in [3.05, 3.63) is 95.8 Å². The third-order valence-corrected chi connectivity index (χ3v) is 4.15. The molecule has 0 saturated heterocycles. The molecule has 0 radical (unpaired) electrons. The Morgan fingerprint density at radius 3 is 2.62 bits per heavy atom. The molecule has 2 heteroatoms. The maximum absolute atomic E-state index is 4.54. The average Bonchev–Trinajstić information content (AvgIpc) is 3.05. The van der Waals surface area contributed by atoms with Crippen LogP contribution in [-0.2, 0) is 0 Å². The number of aromatic nitrogens is 2. The van der Waals surface area contributed by atoms with Crippen molar-refractivity contribution in [1.29, 1.82) is 0 Å². The smallest absolute Gasteiger partial charge is 0.144 e. The van der Waals surface area contributed by atoms with Crippen molar-refractivity contribution >= 4 is 23.2 Å². The molecule has 0 atom stereocenters. The van der Waals surface area contributed by atoms with E-state index in [0.717, 1.165) is 16.7 Å². The Morgan fingerprint density at radius 1 is 0.875 bits per heavy atom. The molecule has 0 amide bonds. The van der Waals surface area contributed by atoms with E-state index in [4.69, 9.17) is 0 Å². The maximum atomic E-state index is 4.54. The zero-order valence-electron chi connectivity index (χ0n) is 13.6. The third-order valence-electron chi connectivity index (χ3n) is 4.15. The van der Waals surface area contributed by atoms with E-state index in [-0.39, 0.29) is 0 Å². The topological polar surface area (TPSA) is 17.8 Å². The molecule has 4 rings (SSSR count). The minimum atomic E-state index is 0.982. The van der Waals surface area contributed by atoms with Crippen molar-refractivity contribution in [3.63, 3.8) is 0 Å². The van der Waals surface area contributed by atoms with E-state index < -0.39 is 0 Å². The first-order valence-electron chi connectivity index (χ1n) is 8.07. The van der Waals surface area contributed by atoms with Crippen LogP contribution in [0.15, 0.2) is 79.1 Å². The largest absolute Gasteiger partial charge is 0.301 e. The molecular weight excluding hydrogens is 292 g/mol. The van der Waals surface area contributed by atoms with Crippen LogP contribution in [0.4, 0.5) is 0 Å². The van der Waals surface area contributed by atoms with Crippen LogP contribution in [0, 0.1) is 6.92 Å². The zero-order valence-corrected chi connectivity index (χ0v) is 13.6. The number of aryl methyl sites for hydroxylation is 1. The molecule has 0 aliphatic carbocycles. The molecule has 116 valence electrons. The van der Waals surface area contributed by atoms with Gasteiger partial charge in [-0.05, 0) is 48.4 Å². The van der Waals surface area contributed by atoms with E-state index in [9.17, 15) is 0 Å². The van der Waals surface area contributed by atoms with Crippen LogP contribution in [0.2, 0.25) is 0 Å². The number of rotatable bonds is 3. The van der Waals surface area contributed by atoms with E-state index in [1.165, 1.54) is 16.7 Å². The highest BCUT2D eigenvalue weighted by atomic mass is 15.0. The molecule has 0 spiro atoms. The van der Waals surface area contributed by atoms with Crippen LogP contribution in [0.5, 0.6) is 0 Å². The highest BCUT2D eigenvalue weighted by Gasteiger charge is 2.07. The Balaban J connectivity index is 1.83. The van der Waals surface area contributed by atoms with Gasteiger partial charge in [0.25, 0.3) is 0 Å². The van der Waals surface area contributed by atoms with Gasteiger partial charge < -0.3 is 4.57 Å². The second kappa shape index (κ2) is 6.17. The molecule has 2 aromatic carbocycles. The van der Waals surface area contributed by atoms with E-state index >= 15 is 0 Å². The van der Waals surface area contributed by atoms with Crippen molar-refractivity contribution < 1.29 is 0 Å². The SMILES string of the molecule is Cc1ccc(-n2ccc3cccnc32)c(/C=C/c2ccccc2)c1. The summed E-state index contributed by atoms with van der Waals surface area (Å²) in [6, 6.07) is 23.0. The first-order valence-corrected chi connectivity index (χ1v) is 8.07. The third kappa shape index (κ3) is 2.74. The standard InChI is InChI=1S/C22H18N2/c1-17-9-12-21(24-15-13-19-8-5-14-23-22(19)24)20(16-17)11-10-18-6-3-2-4-7-18/h2-16H,1H3/b11-10+. The summed E-state index contributed by atoms with van der Waals surface area (Å²) >= 11 is 0. The maximum Gasteiger partial charge on any atom is 0.144 e. The lowest BCUT2D eigenvalue weighted by Gasteiger charge is -2.10. The van der Waals surface area contributed by atoms with E-state index in [2.05, 4.69) is 89.4 Å². The van der Waals surface area contributed by atoms with Gasteiger partial charge in [-0.3, -0.25) is 0 Å². The molecule has 0 saturated carbocycles. The van der Waals surface area contributed by atoms with Gasteiger partial charge in [-0.2, -0.15) is 0 Å². The molecule has 2 aromatic heterocycles. The van der Waals surface area contributed by atoms with Crippen LogP contribution in [0.1, 0.15) is 16.7 Å². The number of pyridine rings is 1. The van der Waals surface area contributed by atoms with Crippen LogP contribution >= 0.6 is 0 Å². The lowest BCUT2D eigenvalue weighted by Crippen LogP contribution is -1.97. The fraction of sp³-hybridized carbons (Fsp3) is 0.0455. The summed E-state index contributed by atoms with van der Waals surface area (Å²) in [7, 11) is 0. The van der Waals surface area contributed by atoms with Crippen LogP contribution in [0.3, 0.4) is 0 Å². The van der Waals surface area contributed by atoms with Gasteiger partial charge in [0.2, 0.25) is 0 Å². The van der Waals surface area contributed by atoms with Crippen molar-refractivity contribution in [1.82, 2.24) is 9.55 Å². The Kier molecular flexibility index (Phi) is 3.72. The Hall–Kier alpha value is -3.13. The Morgan fingerprint density at radius 2 is 1.75 bits per heavy atom. The summed E-state index contributed by atoms with van der Waals surface area (Å²) in [6.07, 6.45) is 8.25. The van der Waals surface area contributed by atoms with Crippen molar-refractivity contribution in [2.45, 2.75) is 6.92 Å². The fourth-order valence-corrected chi connectivity index (χ4v) is 2.94. The average molecular weight is 310 g/mol. The molecule has 0 fully saturated rings. The van der Waals surface area contributed by atoms with Gasteiger partial charge in [-0.25, -0.2) is 4.98 Å². The highest BCUT2D eigenvalue weighted by Crippen LogP contribution is 2.24. The van der Waals surface area contributed by atoms with E-state index in [1.807, 2.05) is 18.3 Å². The lowest BCUT2D eigenvalue weighted by molar-refractivity contribution is 1.09. The Bertz CT molecular complexity index is 1010. The summed E-state index contributed by atoms with van der Waals surface area (Å²) in [5.41, 5.74) is 5.75. The first-order chi connectivity index (χ1) is 11.8. The van der Waals surface area contributed by atoms with Gasteiger partial charge in [-0.15, -0.1) is 0 Å². The number of hydrogen-bond donors (Lipinski definition) is 0. The van der Waals surface area contributed by atoms with Crippen LogP contribution in [0.25, 0.3) is 28.9 Å². The summed E-state index contributed by atoms with van der Waals surface area (Å²) in [5, 5.41) is 1.15. The van der Waals surface area contributed by atoms with Crippen molar-refractivity contribution in [2.75, 3.05) is 0 Å². The molecule has 0 aliphatic heterocycles. The molecule has 4 aromatic rings. The minimum absolute atomic E-state index is 0.982. The van der Waals surface area contributed by atoms with Crippen LogP contribution < -0.4 is 0 Å². The fourth-order valence-electron chi connectivity index (χ4n) is 2.94. The summed E-state index contributed by atoms with van der Waals surface area (Å²) in [5.74, 6) is 0. The van der Waals surface area contributed by atoms with E-state index in [1.54, 1.807) is 0 Å². The van der Waals surface area contributed by atoms with E-state index in [0.29, 0.717) is 0 Å². The van der Waals surface area contributed by atoms with Gasteiger partial charge in [0.15, 0.2) is 0 Å². The monoisotopic (exact) mass is 310 g/mol. The first kappa shape index (κ1) is 14.5. The lowest BCUT2D eigenvalue weighted by atomic mass is 10.1. The quantitative estimate of drug-likeness (QED) is 0.457. The molecule has 0 N–H and O–H groups in total. The predicted octanol–water partition coefficient (Wildman–Crippen LogP) is 5.50. The van der Waals surface area contributed by atoms with Gasteiger partial charge in [0, 0.05) is 17.8 Å². The second-order valence-electron chi connectivity index (χ2n) is 5.91. The number of fused-ring (bicyclic) bond motifs is 1. The van der Waals surface area contributed by atoms with Gasteiger partial charge in [0.05, 0.1) is 5.69 Å². The summed E-state index contributed by atoms with van der Waals surface area (Å²) < 4.78 is 2.15. The number of hydrogen-bond acceptors (Lipinski definition) is 1. The summed E-state index contributed by atoms with van der Waals surface area (Å²) in [4.78, 5) is 4.54. The normalized spacial score (nSPS) is 11.4. The van der Waals surface area contributed by atoms with Gasteiger partial charge in [-0.1, -0.05) is 54.1 Å². The molecule has 24 heavy (non-hydrogen) atoms.